The van der Waals surface area contributed by atoms with Crippen molar-refractivity contribution in [3.05, 3.63) is 59.4 Å². The first-order valence-corrected chi connectivity index (χ1v) is 6.51. The fourth-order valence-corrected chi connectivity index (χ4v) is 2.34. The summed E-state index contributed by atoms with van der Waals surface area (Å²) in [7, 11) is 1.59. The predicted molar refractivity (Wildman–Crippen MR) is 77.9 cm³/mol. The summed E-state index contributed by atoms with van der Waals surface area (Å²) in [6.07, 6.45) is 0.337. The molecule has 1 heterocycles. The molecular weight excluding hydrogens is 271 g/mol. The molecule has 0 radical (unpaired) electrons. The molecule has 1 aliphatic heterocycles. The number of carbonyl (C=O) groups is 2. The lowest BCUT2D eigenvalue weighted by Gasteiger charge is -2.17. The Bertz CT molecular complexity index is 743. The lowest BCUT2D eigenvalue weighted by molar-refractivity contribution is -0.115. The van der Waals surface area contributed by atoms with E-state index in [1.807, 2.05) is 0 Å². The molecule has 4 nitrogen and oxygen atoms in total. The monoisotopic (exact) mass is 284 g/mol. The van der Waals surface area contributed by atoms with Crippen molar-refractivity contribution in [2.24, 2.45) is 0 Å². The van der Waals surface area contributed by atoms with Gasteiger partial charge >= 0.3 is 0 Å². The summed E-state index contributed by atoms with van der Waals surface area (Å²) in [5.41, 5.74) is 2.47. The lowest BCUT2D eigenvalue weighted by Crippen LogP contribution is -2.26. The second kappa shape index (κ2) is 5.01. The van der Waals surface area contributed by atoms with Crippen molar-refractivity contribution in [1.29, 1.82) is 0 Å². The molecule has 0 aliphatic carbocycles. The van der Waals surface area contributed by atoms with E-state index in [0.717, 1.165) is 5.56 Å². The zero-order valence-corrected chi connectivity index (χ0v) is 11.4. The van der Waals surface area contributed by atoms with Crippen LogP contribution in [0.2, 0.25) is 0 Å². The summed E-state index contributed by atoms with van der Waals surface area (Å²) >= 11 is 0. The van der Waals surface area contributed by atoms with E-state index in [0.29, 0.717) is 23.4 Å². The number of fused-ring (bicyclic) bond motifs is 1. The molecule has 0 saturated heterocycles. The van der Waals surface area contributed by atoms with Crippen LogP contribution in [0.15, 0.2) is 42.5 Å². The molecule has 3 rings (SSSR count). The molecule has 106 valence electrons. The molecule has 0 saturated carbocycles. The normalized spacial score (nSPS) is 12.8. The number of anilines is 2. The minimum atomic E-state index is -0.395. The maximum absolute atomic E-state index is 13.2. The topological polar surface area (TPSA) is 49.4 Å². The van der Waals surface area contributed by atoms with Crippen LogP contribution in [-0.4, -0.2) is 18.9 Å². The van der Waals surface area contributed by atoms with Gasteiger partial charge in [0.05, 0.1) is 6.42 Å². The van der Waals surface area contributed by atoms with Crippen LogP contribution in [0.5, 0.6) is 0 Å². The van der Waals surface area contributed by atoms with E-state index < -0.39 is 5.82 Å². The largest absolute Gasteiger partial charge is 0.326 e. The Morgan fingerprint density at radius 2 is 2.05 bits per heavy atom. The Labute approximate surface area is 121 Å². The molecule has 0 atom stereocenters. The van der Waals surface area contributed by atoms with Gasteiger partial charge in [0.25, 0.3) is 5.91 Å². The van der Waals surface area contributed by atoms with Crippen LogP contribution in [-0.2, 0) is 11.2 Å². The highest BCUT2D eigenvalue weighted by atomic mass is 19.1. The molecule has 2 amide bonds. The van der Waals surface area contributed by atoms with Gasteiger partial charge in [-0.25, -0.2) is 4.39 Å². The number of amides is 2. The van der Waals surface area contributed by atoms with E-state index in [-0.39, 0.29) is 11.8 Å². The quantitative estimate of drug-likeness (QED) is 0.921. The summed E-state index contributed by atoms with van der Waals surface area (Å²) in [6.45, 7) is 0. The molecule has 0 spiro atoms. The Morgan fingerprint density at radius 1 is 1.24 bits per heavy atom. The SMILES string of the molecule is CN(C(=O)c1ccc2c(c1)NC(=O)C2)c1cccc(F)c1. The third kappa shape index (κ3) is 2.50. The molecular formula is C16H13FN2O2. The average molecular weight is 284 g/mol. The maximum atomic E-state index is 13.2. The van der Waals surface area contributed by atoms with E-state index in [1.165, 1.54) is 17.0 Å². The maximum Gasteiger partial charge on any atom is 0.258 e. The summed E-state index contributed by atoms with van der Waals surface area (Å²) in [4.78, 5) is 25.1. The minimum Gasteiger partial charge on any atom is -0.326 e. The first-order valence-electron chi connectivity index (χ1n) is 6.51. The Kier molecular flexibility index (Phi) is 3.17. The van der Waals surface area contributed by atoms with E-state index >= 15 is 0 Å². The average Bonchev–Trinajstić information content (AvgIpc) is 2.84. The molecule has 0 fully saturated rings. The zero-order chi connectivity index (χ0) is 15.0. The van der Waals surface area contributed by atoms with Crippen LogP contribution < -0.4 is 10.2 Å². The van der Waals surface area contributed by atoms with Gasteiger partial charge in [-0.1, -0.05) is 12.1 Å². The van der Waals surface area contributed by atoms with Gasteiger partial charge in [-0.05, 0) is 35.9 Å². The van der Waals surface area contributed by atoms with Crippen molar-refractivity contribution in [3.8, 4) is 0 Å². The highest BCUT2D eigenvalue weighted by molar-refractivity contribution is 6.08. The molecule has 0 unspecified atom stereocenters. The van der Waals surface area contributed by atoms with Gasteiger partial charge in [0, 0.05) is 24.0 Å². The second-order valence-electron chi connectivity index (χ2n) is 4.94. The van der Waals surface area contributed by atoms with Crippen molar-refractivity contribution in [1.82, 2.24) is 0 Å². The van der Waals surface area contributed by atoms with Crippen LogP contribution in [0.3, 0.4) is 0 Å². The van der Waals surface area contributed by atoms with Crippen molar-refractivity contribution < 1.29 is 14.0 Å². The molecule has 1 N–H and O–H groups in total. The molecule has 5 heteroatoms. The van der Waals surface area contributed by atoms with Gasteiger partial charge in [0.15, 0.2) is 0 Å². The number of nitrogens with zero attached hydrogens (tertiary/aromatic N) is 1. The van der Waals surface area contributed by atoms with Crippen molar-refractivity contribution in [2.45, 2.75) is 6.42 Å². The fourth-order valence-electron chi connectivity index (χ4n) is 2.34. The van der Waals surface area contributed by atoms with E-state index in [1.54, 1.807) is 37.4 Å². The van der Waals surface area contributed by atoms with Crippen LogP contribution in [0.1, 0.15) is 15.9 Å². The van der Waals surface area contributed by atoms with Crippen LogP contribution in [0.25, 0.3) is 0 Å². The molecule has 1 aliphatic rings. The fraction of sp³-hybridized carbons (Fsp3) is 0.125. The number of hydrogen-bond donors (Lipinski definition) is 1. The Balaban J connectivity index is 1.89. The number of halogens is 1. The second-order valence-corrected chi connectivity index (χ2v) is 4.94. The van der Waals surface area contributed by atoms with Crippen LogP contribution in [0, 0.1) is 5.82 Å². The van der Waals surface area contributed by atoms with Crippen LogP contribution in [0.4, 0.5) is 15.8 Å². The van der Waals surface area contributed by atoms with Gasteiger partial charge in [-0.15, -0.1) is 0 Å². The first-order chi connectivity index (χ1) is 10.0. The summed E-state index contributed by atoms with van der Waals surface area (Å²) in [6, 6.07) is 10.9. The molecule has 2 aromatic rings. The van der Waals surface area contributed by atoms with E-state index in [4.69, 9.17) is 0 Å². The highest BCUT2D eigenvalue weighted by Crippen LogP contribution is 2.25. The zero-order valence-electron chi connectivity index (χ0n) is 11.4. The Morgan fingerprint density at radius 3 is 2.81 bits per heavy atom. The van der Waals surface area contributed by atoms with Crippen molar-refractivity contribution in [3.63, 3.8) is 0 Å². The van der Waals surface area contributed by atoms with Crippen LogP contribution >= 0.6 is 0 Å². The van der Waals surface area contributed by atoms with E-state index in [2.05, 4.69) is 5.32 Å². The summed E-state index contributed by atoms with van der Waals surface area (Å²) < 4.78 is 13.2. The van der Waals surface area contributed by atoms with Gasteiger partial charge in [-0.3, -0.25) is 9.59 Å². The molecule has 0 bridgehead atoms. The van der Waals surface area contributed by atoms with Crippen molar-refractivity contribution >= 4 is 23.2 Å². The third-order valence-corrected chi connectivity index (χ3v) is 3.48. The number of rotatable bonds is 2. The van der Waals surface area contributed by atoms with Gasteiger partial charge in [-0.2, -0.15) is 0 Å². The van der Waals surface area contributed by atoms with Gasteiger partial charge < -0.3 is 10.2 Å². The number of benzene rings is 2. The standard InChI is InChI=1S/C16H13FN2O2/c1-19(13-4-2-3-12(17)9-13)16(21)11-6-5-10-8-15(20)18-14(10)7-11/h2-7,9H,8H2,1H3,(H,18,20). The first kappa shape index (κ1) is 13.3. The Hall–Kier alpha value is -2.69. The summed E-state index contributed by atoms with van der Waals surface area (Å²) in [5, 5.41) is 2.71. The smallest absolute Gasteiger partial charge is 0.258 e. The number of carbonyl (C=O) groups excluding carboxylic acids is 2. The predicted octanol–water partition coefficient (Wildman–Crippen LogP) is 2.60. The third-order valence-electron chi connectivity index (χ3n) is 3.48. The van der Waals surface area contributed by atoms with Crippen molar-refractivity contribution in [2.75, 3.05) is 17.3 Å². The molecule has 0 aromatic heterocycles. The van der Waals surface area contributed by atoms with E-state index in [9.17, 15) is 14.0 Å². The van der Waals surface area contributed by atoms with Gasteiger partial charge in [0.2, 0.25) is 5.91 Å². The molecule has 2 aromatic carbocycles. The number of nitrogens with one attached hydrogen (secondary N) is 1. The lowest BCUT2D eigenvalue weighted by atomic mass is 10.1. The highest BCUT2D eigenvalue weighted by Gasteiger charge is 2.20. The minimum absolute atomic E-state index is 0.0758. The van der Waals surface area contributed by atoms with Gasteiger partial charge in [0.1, 0.15) is 5.82 Å². The molecule has 21 heavy (non-hydrogen) atoms. The number of hydrogen-bond acceptors (Lipinski definition) is 2. The summed E-state index contributed by atoms with van der Waals surface area (Å²) in [5.74, 6) is -0.731.